The van der Waals surface area contributed by atoms with Gasteiger partial charge in [-0.05, 0) is 41.8 Å². The van der Waals surface area contributed by atoms with Crippen LogP contribution in [-0.2, 0) is 32.6 Å². The molecule has 0 heterocycles. The number of hydrogen-bond donors (Lipinski definition) is 1. The van der Waals surface area contributed by atoms with E-state index in [9.17, 15) is 18.0 Å². The van der Waals surface area contributed by atoms with Crippen LogP contribution in [-0.4, -0.2) is 51.0 Å². The number of nitrogens with zero attached hydrogens (tertiary/aromatic N) is 2. The van der Waals surface area contributed by atoms with E-state index in [1.165, 1.54) is 18.0 Å². The van der Waals surface area contributed by atoms with Gasteiger partial charge in [-0.3, -0.25) is 13.9 Å². The Morgan fingerprint density at radius 2 is 1.64 bits per heavy atom. The van der Waals surface area contributed by atoms with Crippen molar-refractivity contribution in [3.8, 4) is 0 Å². The summed E-state index contributed by atoms with van der Waals surface area (Å²) in [5.41, 5.74) is 2.97. The zero-order chi connectivity index (χ0) is 26.3. The molecule has 2 amide bonds. The minimum absolute atomic E-state index is 0.142. The van der Waals surface area contributed by atoms with Crippen molar-refractivity contribution in [2.24, 2.45) is 0 Å². The minimum atomic E-state index is -3.83. The van der Waals surface area contributed by atoms with Crippen molar-refractivity contribution in [2.45, 2.75) is 25.9 Å². The number of amides is 2. The van der Waals surface area contributed by atoms with Crippen LogP contribution < -0.4 is 9.62 Å². The number of rotatable bonds is 10. The molecule has 0 saturated carbocycles. The Bertz CT molecular complexity index is 1320. The first-order valence-electron chi connectivity index (χ1n) is 11.4. The summed E-state index contributed by atoms with van der Waals surface area (Å²) in [5, 5.41) is 3.01. The van der Waals surface area contributed by atoms with Gasteiger partial charge in [0.05, 0.1) is 11.9 Å². The zero-order valence-corrected chi connectivity index (χ0v) is 22.1. The topological polar surface area (TPSA) is 86.8 Å². The van der Waals surface area contributed by atoms with Crippen LogP contribution in [0.4, 0.5) is 5.69 Å². The van der Waals surface area contributed by atoms with Crippen molar-refractivity contribution in [2.75, 3.05) is 24.2 Å². The molecular formula is C27H30ClN3O4S. The molecule has 7 nitrogen and oxygen atoms in total. The molecule has 0 radical (unpaired) electrons. The van der Waals surface area contributed by atoms with Crippen LogP contribution in [0.5, 0.6) is 0 Å². The Balaban J connectivity index is 2.04. The average molecular weight is 528 g/mol. The van der Waals surface area contributed by atoms with Crippen LogP contribution in [0, 0.1) is 6.92 Å². The molecule has 190 valence electrons. The first-order chi connectivity index (χ1) is 17.1. The van der Waals surface area contributed by atoms with Crippen molar-refractivity contribution in [1.29, 1.82) is 0 Å². The lowest BCUT2D eigenvalue weighted by Gasteiger charge is -2.33. The highest BCUT2D eigenvalue weighted by atomic mass is 35.5. The van der Waals surface area contributed by atoms with Gasteiger partial charge in [-0.15, -0.1) is 0 Å². The average Bonchev–Trinajstić information content (AvgIpc) is 2.85. The van der Waals surface area contributed by atoms with Crippen LogP contribution in [0.2, 0.25) is 5.02 Å². The number of aryl methyl sites for hydroxylation is 1. The van der Waals surface area contributed by atoms with Crippen molar-refractivity contribution in [3.63, 3.8) is 0 Å². The number of benzene rings is 3. The number of carbonyl (C=O) groups is 2. The molecular weight excluding hydrogens is 498 g/mol. The third kappa shape index (κ3) is 7.08. The molecule has 0 fully saturated rings. The molecule has 0 saturated heterocycles. The Morgan fingerprint density at radius 3 is 2.25 bits per heavy atom. The maximum absolute atomic E-state index is 13.8. The van der Waals surface area contributed by atoms with Crippen LogP contribution in [0.15, 0.2) is 78.9 Å². The van der Waals surface area contributed by atoms with Gasteiger partial charge >= 0.3 is 0 Å². The summed E-state index contributed by atoms with van der Waals surface area (Å²) in [4.78, 5) is 28.4. The molecule has 3 rings (SSSR count). The normalized spacial score (nSPS) is 12.0. The maximum Gasteiger partial charge on any atom is 0.244 e. The molecule has 0 bridgehead atoms. The molecule has 36 heavy (non-hydrogen) atoms. The quantitative estimate of drug-likeness (QED) is 0.434. The van der Waals surface area contributed by atoms with E-state index in [0.717, 1.165) is 27.3 Å². The largest absolute Gasteiger partial charge is 0.357 e. The number of halogens is 1. The van der Waals surface area contributed by atoms with Crippen LogP contribution >= 0.6 is 11.6 Å². The number of sulfonamides is 1. The predicted molar refractivity (Wildman–Crippen MR) is 143 cm³/mol. The Morgan fingerprint density at radius 1 is 0.972 bits per heavy atom. The number of anilines is 1. The number of carbonyl (C=O) groups excluding carboxylic acids is 2. The molecule has 1 atom stereocenters. The highest BCUT2D eigenvalue weighted by Crippen LogP contribution is 2.23. The number of likely N-dealkylation sites (N-methyl/N-ethyl adjacent to an activating group) is 1. The smallest absolute Gasteiger partial charge is 0.244 e. The summed E-state index contributed by atoms with van der Waals surface area (Å²) < 4.78 is 26.4. The van der Waals surface area contributed by atoms with Gasteiger partial charge in [-0.25, -0.2) is 8.42 Å². The molecule has 1 N–H and O–H groups in total. The Hall–Kier alpha value is -3.36. The summed E-state index contributed by atoms with van der Waals surface area (Å²) in [6, 6.07) is 22.4. The Labute approximate surface area is 217 Å². The molecule has 3 aromatic carbocycles. The van der Waals surface area contributed by atoms with Gasteiger partial charge in [0.25, 0.3) is 0 Å². The molecule has 0 aromatic heterocycles. The molecule has 3 aromatic rings. The lowest BCUT2D eigenvalue weighted by atomic mass is 10.0. The number of nitrogens with one attached hydrogen (secondary N) is 1. The van der Waals surface area contributed by atoms with Gasteiger partial charge < -0.3 is 10.2 Å². The summed E-state index contributed by atoms with van der Waals surface area (Å²) in [6.45, 7) is 1.59. The van der Waals surface area contributed by atoms with Crippen molar-refractivity contribution in [3.05, 3.63) is 101 Å². The molecule has 9 heteroatoms. The first kappa shape index (κ1) is 27.2. The fourth-order valence-electron chi connectivity index (χ4n) is 3.94. The van der Waals surface area contributed by atoms with Crippen LogP contribution in [0.25, 0.3) is 0 Å². The van der Waals surface area contributed by atoms with E-state index >= 15 is 0 Å². The monoisotopic (exact) mass is 527 g/mol. The molecule has 0 aliphatic carbocycles. The molecule has 0 spiro atoms. The lowest BCUT2D eigenvalue weighted by molar-refractivity contribution is -0.139. The molecule has 0 aliphatic rings. The van der Waals surface area contributed by atoms with E-state index in [1.807, 2.05) is 61.5 Å². The fraction of sp³-hybridized carbons (Fsp3) is 0.259. The van der Waals surface area contributed by atoms with Gasteiger partial charge in [-0.1, -0.05) is 72.3 Å². The second-order valence-electron chi connectivity index (χ2n) is 8.52. The van der Waals surface area contributed by atoms with E-state index in [4.69, 9.17) is 11.6 Å². The van der Waals surface area contributed by atoms with Gasteiger partial charge in [-0.2, -0.15) is 0 Å². The van der Waals surface area contributed by atoms with E-state index in [2.05, 4.69) is 5.32 Å². The molecule has 0 aliphatic heterocycles. The second-order valence-corrected chi connectivity index (χ2v) is 10.9. The van der Waals surface area contributed by atoms with E-state index in [-0.39, 0.29) is 24.6 Å². The highest BCUT2D eigenvalue weighted by molar-refractivity contribution is 7.92. The van der Waals surface area contributed by atoms with E-state index in [0.29, 0.717) is 5.02 Å². The SMILES string of the molecule is CNC(=O)[C@@H](Cc1ccccc1)N(Cc1ccccc1C)C(=O)CN(c1cccc(Cl)c1)S(C)(=O)=O. The fourth-order valence-corrected chi connectivity index (χ4v) is 4.96. The van der Waals surface area contributed by atoms with Crippen LogP contribution in [0.3, 0.4) is 0 Å². The predicted octanol–water partition coefficient (Wildman–Crippen LogP) is 3.80. The summed E-state index contributed by atoms with van der Waals surface area (Å²) >= 11 is 6.09. The second kappa shape index (κ2) is 12.1. The third-order valence-electron chi connectivity index (χ3n) is 5.89. The van der Waals surface area contributed by atoms with Crippen molar-refractivity contribution >= 4 is 39.1 Å². The van der Waals surface area contributed by atoms with Gasteiger partial charge in [0.1, 0.15) is 12.6 Å². The first-order valence-corrected chi connectivity index (χ1v) is 13.7. The number of hydrogen-bond acceptors (Lipinski definition) is 4. The van der Waals surface area contributed by atoms with Crippen LogP contribution in [0.1, 0.15) is 16.7 Å². The summed E-state index contributed by atoms with van der Waals surface area (Å²) in [6.07, 6.45) is 1.31. The third-order valence-corrected chi connectivity index (χ3v) is 7.27. The highest BCUT2D eigenvalue weighted by Gasteiger charge is 2.32. The van der Waals surface area contributed by atoms with E-state index in [1.54, 1.807) is 18.2 Å². The van der Waals surface area contributed by atoms with Crippen molar-refractivity contribution in [1.82, 2.24) is 10.2 Å². The lowest BCUT2D eigenvalue weighted by Crippen LogP contribution is -2.53. The van der Waals surface area contributed by atoms with Gasteiger partial charge in [0, 0.05) is 25.0 Å². The maximum atomic E-state index is 13.8. The Kier molecular flexibility index (Phi) is 9.12. The van der Waals surface area contributed by atoms with Gasteiger partial charge in [0.15, 0.2) is 0 Å². The van der Waals surface area contributed by atoms with Gasteiger partial charge in [0.2, 0.25) is 21.8 Å². The minimum Gasteiger partial charge on any atom is -0.357 e. The summed E-state index contributed by atoms with van der Waals surface area (Å²) in [5.74, 6) is -0.845. The summed E-state index contributed by atoms with van der Waals surface area (Å²) in [7, 11) is -2.31. The van der Waals surface area contributed by atoms with Crippen molar-refractivity contribution < 1.29 is 18.0 Å². The zero-order valence-electron chi connectivity index (χ0n) is 20.5. The van der Waals surface area contributed by atoms with E-state index < -0.39 is 28.5 Å². The standard InChI is InChI=1S/C27H30ClN3O4S/c1-20-10-7-8-13-22(20)18-30(25(27(33)29-2)16-21-11-5-4-6-12-21)26(32)19-31(36(3,34)35)24-15-9-14-23(28)17-24/h4-15,17,25H,16,18-19H2,1-3H3,(H,29,33)/t25-/m1/s1. The molecule has 0 unspecified atom stereocenters.